The van der Waals surface area contributed by atoms with E-state index in [4.69, 9.17) is 11.5 Å². The maximum absolute atomic E-state index is 11.3. The third-order valence-corrected chi connectivity index (χ3v) is 4.87. The van der Waals surface area contributed by atoms with Gasteiger partial charge in [-0.2, -0.15) is 0 Å². The lowest BCUT2D eigenvalue weighted by molar-refractivity contribution is 0.100. The van der Waals surface area contributed by atoms with Crippen LogP contribution in [0.2, 0.25) is 0 Å². The molecule has 1 aliphatic heterocycles. The smallest absolute Gasteiger partial charge is 0.248 e. The highest BCUT2D eigenvalue weighted by Gasteiger charge is 2.21. The fourth-order valence-electron chi connectivity index (χ4n) is 2.04. The summed E-state index contributed by atoms with van der Waals surface area (Å²) in [7, 11) is -2.87. The first-order valence-corrected chi connectivity index (χ1v) is 7.80. The van der Waals surface area contributed by atoms with Gasteiger partial charge in [0.1, 0.15) is 0 Å². The van der Waals surface area contributed by atoms with E-state index in [1.54, 1.807) is 18.2 Å². The molecule has 0 aromatic heterocycles. The van der Waals surface area contributed by atoms with Crippen LogP contribution in [0.25, 0.3) is 0 Å². The van der Waals surface area contributed by atoms with E-state index in [1.165, 1.54) is 0 Å². The van der Waals surface area contributed by atoms with E-state index >= 15 is 0 Å². The van der Waals surface area contributed by atoms with E-state index in [1.807, 2.05) is 4.90 Å². The zero-order valence-electron chi connectivity index (χ0n) is 10.5. The zero-order chi connectivity index (χ0) is 14.0. The molecular formula is C12H17N3O3S. The van der Waals surface area contributed by atoms with Gasteiger partial charge in [-0.25, -0.2) is 8.42 Å². The minimum atomic E-state index is -2.87. The fraction of sp³-hybridized carbons (Fsp3) is 0.417. The molecule has 1 aliphatic rings. The van der Waals surface area contributed by atoms with E-state index in [-0.39, 0.29) is 11.5 Å². The molecule has 0 bridgehead atoms. The van der Waals surface area contributed by atoms with Gasteiger partial charge in [-0.05, 0) is 17.7 Å². The molecule has 104 valence electrons. The number of hydrogen-bond donors (Lipinski definition) is 2. The average Bonchev–Trinajstić information content (AvgIpc) is 2.34. The number of sulfone groups is 1. The van der Waals surface area contributed by atoms with Crippen LogP contribution in [0.4, 0.5) is 5.69 Å². The summed E-state index contributed by atoms with van der Waals surface area (Å²) < 4.78 is 22.7. The summed E-state index contributed by atoms with van der Waals surface area (Å²) >= 11 is 0. The second kappa shape index (κ2) is 5.18. The zero-order valence-corrected chi connectivity index (χ0v) is 11.3. The number of nitrogens with two attached hydrogens (primary N) is 2. The van der Waals surface area contributed by atoms with Crippen molar-refractivity contribution in [3.8, 4) is 0 Å². The van der Waals surface area contributed by atoms with Gasteiger partial charge in [0.05, 0.1) is 11.5 Å². The standard InChI is InChI=1S/C12H17N3O3S/c13-11-7-9(12(14)16)1-2-10(11)8-15-3-5-19(17,18)6-4-15/h1-2,7H,3-6,8,13H2,(H2,14,16). The number of hydrogen-bond acceptors (Lipinski definition) is 5. The normalized spacial score (nSPS) is 19.2. The molecule has 1 fully saturated rings. The molecule has 2 rings (SSSR count). The number of rotatable bonds is 3. The summed E-state index contributed by atoms with van der Waals surface area (Å²) in [6.45, 7) is 1.61. The highest BCUT2D eigenvalue weighted by Crippen LogP contribution is 2.17. The van der Waals surface area contributed by atoms with Gasteiger partial charge in [-0.1, -0.05) is 6.07 Å². The second-order valence-corrected chi connectivity index (χ2v) is 7.01. The number of benzene rings is 1. The van der Waals surface area contributed by atoms with Crippen molar-refractivity contribution in [3.05, 3.63) is 29.3 Å². The first kappa shape index (κ1) is 13.8. The van der Waals surface area contributed by atoms with Gasteiger partial charge < -0.3 is 11.5 Å². The monoisotopic (exact) mass is 283 g/mol. The predicted octanol–water partition coefficient (Wildman–Crippen LogP) is -0.402. The molecule has 1 amide bonds. The molecule has 0 unspecified atom stereocenters. The van der Waals surface area contributed by atoms with Gasteiger partial charge in [0.15, 0.2) is 9.84 Å². The van der Waals surface area contributed by atoms with Gasteiger partial charge in [0.2, 0.25) is 5.91 Å². The Hall–Kier alpha value is -1.60. The third-order valence-electron chi connectivity index (χ3n) is 3.26. The van der Waals surface area contributed by atoms with Crippen molar-refractivity contribution in [2.24, 2.45) is 5.73 Å². The fourth-order valence-corrected chi connectivity index (χ4v) is 3.32. The molecule has 4 N–H and O–H groups in total. The van der Waals surface area contributed by atoms with Crippen LogP contribution in [0, 0.1) is 0 Å². The lowest BCUT2D eigenvalue weighted by atomic mass is 10.1. The number of primary amides is 1. The largest absolute Gasteiger partial charge is 0.398 e. The van der Waals surface area contributed by atoms with E-state index in [2.05, 4.69) is 0 Å². The molecule has 0 saturated carbocycles. The van der Waals surface area contributed by atoms with E-state index < -0.39 is 15.7 Å². The maximum Gasteiger partial charge on any atom is 0.248 e. The quantitative estimate of drug-likeness (QED) is 0.734. The Balaban J connectivity index is 2.06. The third kappa shape index (κ3) is 3.45. The molecule has 6 nitrogen and oxygen atoms in total. The maximum atomic E-state index is 11.3. The highest BCUT2D eigenvalue weighted by molar-refractivity contribution is 7.91. The lowest BCUT2D eigenvalue weighted by Crippen LogP contribution is -2.39. The van der Waals surface area contributed by atoms with Gasteiger partial charge in [-0.15, -0.1) is 0 Å². The molecule has 0 aliphatic carbocycles. The van der Waals surface area contributed by atoms with Crippen LogP contribution in [-0.2, 0) is 16.4 Å². The number of nitrogens with zero attached hydrogens (tertiary/aromatic N) is 1. The highest BCUT2D eigenvalue weighted by atomic mass is 32.2. The lowest BCUT2D eigenvalue weighted by Gasteiger charge is -2.27. The number of carbonyl (C=O) groups is 1. The molecule has 7 heteroatoms. The van der Waals surface area contributed by atoms with Crippen molar-refractivity contribution >= 4 is 21.4 Å². The summed E-state index contributed by atoms with van der Waals surface area (Å²) in [5, 5.41) is 0. The summed E-state index contributed by atoms with van der Waals surface area (Å²) in [5.74, 6) is -0.138. The van der Waals surface area contributed by atoms with Crippen LogP contribution < -0.4 is 11.5 Å². The molecular weight excluding hydrogens is 266 g/mol. The topological polar surface area (TPSA) is 106 Å². The van der Waals surface area contributed by atoms with Crippen molar-refractivity contribution < 1.29 is 13.2 Å². The van der Waals surface area contributed by atoms with Crippen molar-refractivity contribution in [1.82, 2.24) is 4.90 Å². The summed E-state index contributed by atoms with van der Waals surface area (Å²) in [6.07, 6.45) is 0. The summed E-state index contributed by atoms with van der Waals surface area (Å²) in [6, 6.07) is 4.95. The Bertz CT molecular complexity index is 584. The van der Waals surface area contributed by atoms with Crippen LogP contribution in [-0.4, -0.2) is 43.8 Å². The van der Waals surface area contributed by atoms with Crippen LogP contribution in [0.5, 0.6) is 0 Å². The predicted molar refractivity (Wildman–Crippen MR) is 73.3 cm³/mol. The number of nitrogen functional groups attached to an aromatic ring is 1. The molecule has 0 radical (unpaired) electrons. The molecule has 0 spiro atoms. The minimum absolute atomic E-state index is 0.187. The van der Waals surface area contributed by atoms with E-state index in [9.17, 15) is 13.2 Å². The van der Waals surface area contributed by atoms with Crippen molar-refractivity contribution in [2.75, 3.05) is 30.3 Å². The van der Waals surface area contributed by atoms with Crippen LogP contribution in [0.15, 0.2) is 18.2 Å². The minimum Gasteiger partial charge on any atom is -0.398 e. The Morgan fingerprint density at radius 2 is 1.89 bits per heavy atom. The number of carbonyl (C=O) groups excluding carboxylic acids is 1. The molecule has 1 aromatic rings. The van der Waals surface area contributed by atoms with Crippen LogP contribution in [0.1, 0.15) is 15.9 Å². The number of amides is 1. The van der Waals surface area contributed by atoms with Gasteiger partial charge in [-0.3, -0.25) is 9.69 Å². The van der Waals surface area contributed by atoms with Crippen molar-refractivity contribution in [2.45, 2.75) is 6.54 Å². The van der Waals surface area contributed by atoms with Crippen LogP contribution >= 0.6 is 0 Å². The van der Waals surface area contributed by atoms with E-state index in [0.717, 1.165) is 5.56 Å². The SMILES string of the molecule is NC(=O)c1ccc(CN2CCS(=O)(=O)CC2)c(N)c1. The molecule has 0 atom stereocenters. The summed E-state index contributed by atoms with van der Waals surface area (Å²) in [4.78, 5) is 13.1. The van der Waals surface area contributed by atoms with Crippen LogP contribution in [0.3, 0.4) is 0 Å². The van der Waals surface area contributed by atoms with Gasteiger partial charge in [0, 0.05) is 30.9 Å². The first-order valence-electron chi connectivity index (χ1n) is 5.98. The average molecular weight is 283 g/mol. The Morgan fingerprint density at radius 1 is 1.26 bits per heavy atom. The van der Waals surface area contributed by atoms with Crippen molar-refractivity contribution in [3.63, 3.8) is 0 Å². The molecule has 1 saturated heterocycles. The Morgan fingerprint density at radius 3 is 2.42 bits per heavy atom. The summed E-state index contributed by atoms with van der Waals surface area (Å²) in [5.41, 5.74) is 12.8. The van der Waals surface area contributed by atoms with E-state index in [0.29, 0.717) is 30.9 Å². The van der Waals surface area contributed by atoms with Crippen molar-refractivity contribution in [1.29, 1.82) is 0 Å². The number of anilines is 1. The first-order chi connectivity index (χ1) is 8.87. The second-order valence-electron chi connectivity index (χ2n) is 4.71. The van der Waals surface area contributed by atoms with Gasteiger partial charge in [0.25, 0.3) is 0 Å². The molecule has 19 heavy (non-hydrogen) atoms. The molecule has 1 heterocycles. The Labute approximate surface area is 112 Å². The molecule has 1 aromatic carbocycles. The Kier molecular flexibility index (Phi) is 3.77. The van der Waals surface area contributed by atoms with Gasteiger partial charge >= 0.3 is 0 Å².